The van der Waals surface area contributed by atoms with Crippen molar-refractivity contribution < 1.29 is 19.1 Å². The van der Waals surface area contributed by atoms with E-state index in [0.29, 0.717) is 29.8 Å². The van der Waals surface area contributed by atoms with E-state index in [1.54, 1.807) is 24.3 Å². The summed E-state index contributed by atoms with van der Waals surface area (Å²) in [6.45, 7) is 9.00. The van der Waals surface area contributed by atoms with E-state index in [-0.39, 0.29) is 11.9 Å². The van der Waals surface area contributed by atoms with Gasteiger partial charge in [-0.25, -0.2) is 0 Å². The van der Waals surface area contributed by atoms with E-state index in [4.69, 9.17) is 9.47 Å². The molecule has 0 heterocycles. The third kappa shape index (κ3) is 14.7. The molecule has 176 valence electrons. The second-order valence-corrected chi connectivity index (χ2v) is 9.74. The van der Waals surface area contributed by atoms with Crippen molar-refractivity contribution in [1.29, 1.82) is 0 Å². The molecule has 31 heavy (non-hydrogen) atoms. The third-order valence-corrected chi connectivity index (χ3v) is 5.34. The van der Waals surface area contributed by atoms with Crippen LogP contribution in [0.25, 0.3) is 0 Å². The quantitative estimate of drug-likeness (QED) is 0.151. The normalized spacial score (nSPS) is 11.4. The lowest BCUT2D eigenvalue weighted by Crippen LogP contribution is -2.12. The molecule has 0 radical (unpaired) electrons. The number of hydrogen-bond donors (Lipinski definition) is 0. The molecule has 0 spiro atoms. The lowest BCUT2D eigenvalue weighted by Gasteiger charge is -2.17. The number of unbranched alkanes of at least 4 members (excludes halogenated alkanes) is 9. The van der Waals surface area contributed by atoms with Gasteiger partial charge in [-0.3, -0.25) is 9.59 Å². The number of benzene rings is 1. The van der Waals surface area contributed by atoms with E-state index >= 15 is 0 Å². The molecule has 1 aromatic rings. The van der Waals surface area contributed by atoms with Gasteiger partial charge in [-0.05, 0) is 36.8 Å². The molecule has 4 heteroatoms. The molecule has 0 aliphatic carbocycles. The van der Waals surface area contributed by atoms with Crippen LogP contribution in [0.15, 0.2) is 24.3 Å². The maximum atomic E-state index is 12.2. The second kappa shape index (κ2) is 15.9. The molecular formula is C27H44O4. The molecule has 0 bridgehead atoms. The molecule has 0 atom stereocenters. The Kier molecular flexibility index (Phi) is 13.9. The summed E-state index contributed by atoms with van der Waals surface area (Å²) in [5, 5.41) is 0. The van der Waals surface area contributed by atoms with E-state index in [2.05, 4.69) is 27.7 Å². The molecule has 1 rings (SSSR count). The molecule has 0 aliphatic heterocycles. The van der Waals surface area contributed by atoms with Crippen molar-refractivity contribution in [1.82, 2.24) is 0 Å². The van der Waals surface area contributed by atoms with Crippen molar-refractivity contribution in [2.45, 2.75) is 118 Å². The average molecular weight is 433 g/mol. The van der Waals surface area contributed by atoms with Crippen LogP contribution in [0.3, 0.4) is 0 Å². The Labute approximate surface area is 190 Å². The topological polar surface area (TPSA) is 52.6 Å². The minimum atomic E-state index is -0.269. The van der Waals surface area contributed by atoms with Gasteiger partial charge in [-0.1, -0.05) is 97.6 Å². The second-order valence-electron chi connectivity index (χ2n) is 9.74. The average Bonchev–Trinajstić information content (AvgIpc) is 2.70. The highest BCUT2D eigenvalue weighted by atomic mass is 16.6. The Morgan fingerprint density at radius 1 is 0.677 bits per heavy atom. The zero-order chi connectivity index (χ0) is 23.0. The van der Waals surface area contributed by atoms with Gasteiger partial charge in [0.25, 0.3) is 0 Å². The predicted molar refractivity (Wildman–Crippen MR) is 127 cm³/mol. The minimum absolute atomic E-state index is 0.269. The maximum Gasteiger partial charge on any atom is 0.311 e. The molecule has 0 aliphatic rings. The van der Waals surface area contributed by atoms with Crippen LogP contribution < -0.4 is 9.47 Å². The Bertz CT molecular complexity index is 630. The lowest BCUT2D eigenvalue weighted by atomic mass is 9.89. The summed E-state index contributed by atoms with van der Waals surface area (Å²) in [6.07, 6.45) is 14.2. The largest absolute Gasteiger partial charge is 0.423 e. The zero-order valence-corrected chi connectivity index (χ0v) is 20.3. The first-order valence-corrected chi connectivity index (χ1v) is 12.3. The van der Waals surface area contributed by atoms with Crippen molar-refractivity contribution in [2.24, 2.45) is 5.41 Å². The summed E-state index contributed by atoms with van der Waals surface area (Å²) >= 11 is 0. The molecule has 0 aromatic heterocycles. The van der Waals surface area contributed by atoms with Gasteiger partial charge in [0.05, 0.1) is 0 Å². The monoisotopic (exact) mass is 432 g/mol. The summed E-state index contributed by atoms with van der Waals surface area (Å²) in [7, 11) is 0. The molecule has 1 aromatic carbocycles. The summed E-state index contributed by atoms with van der Waals surface area (Å²) < 4.78 is 10.9. The van der Waals surface area contributed by atoms with Crippen molar-refractivity contribution in [2.75, 3.05) is 0 Å². The Hall–Kier alpha value is -1.84. The van der Waals surface area contributed by atoms with Gasteiger partial charge < -0.3 is 9.47 Å². The van der Waals surface area contributed by atoms with E-state index in [9.17, 15) is 9.59 Å². The van der Waals surface area contributed by atoms with E-state index in [1.807, 2.05) is 0 Å². The molecular weight excluding hydrogens is 388 g/mol. The number of rotatable bonds is 16. The SMILES string of the molecule is CCCCCCCCC(=O)Oc1ccccc1OC(=O)CCCCCCCC(C)(C)C. The van der Waals surface area contributed by atoms with Gasteiger partial charge >= 0.3 is 11.9 Å². The summed E-state index contributed by atoms with van der Waals surface area (Å²) in [4.78, 5) is 24.3. The molecule has 0 fully saturated rings. The van der Waals surface area contributed by atoms with Crippen LogP contribution in [-0.2, 0) is 9.59 Å². The molecule has 0 saturated carbocycles. The number of carbonyl (C=O) groups is 2. The first-order chi connectivity index (χ1) is 14.8. The smallest absolute Gasteiger partial charge is 0.311 e. The van der Waals surface area contributed by atoms with Gasteiger partial charge in [0.15, 0.2) is 11.5 Å². The fourth-order valence-electron chi connectivity index (χ4n) is 3.47. The third-order valence-electron chi connectivity index (χ3n) is 5.34. The molecule has 4 nitrogen and oxygen atoms in total. The predicted octanol–water partition coefficient (Wildman–Crippen LogP) is 8.02. The van der Waals surface area contributed by atoms with E-state index in [0.717, 1.165) is 38.5 Å². The van der Waals surface area contributed by atoms with Gasteiger partial charge in [0.1, 0.15) is 0 Å². The number of esters is 2. The first-order valence-electron chi connectivity index (χ1n) is 12.3. The number of ether oxygens (including phenoxy) is 2. The van der Waals surface area contributed by atoms with Crippen LogP contribution >= 0.6 is 0 Å². The highest BCUT2D eigenvalue weighted by molar-refractivity contribution is 5.76. The van der Waals surface area contributed by atoms with Crippen LogP contribution in [0.2, 0.25) is 0 Å². The summed E-state index contributed by atoms with van der Waals surface area (Å²) in [5.74, 6) is 0.117. The summed E-state index contributed by atoms with van der Waals surface area (Å²) in [5.41, 5.74) is 0.398. The van der Waals surface area contributed by atoms with E-state index < -0.39 is 0 Å². The molecule has 0 unspecified atom stereocenters. The van der Waals surface area contributed by atoms with E-state index in [1.165, 1.54) is 38.5 Å². The number of hydrogen-bond acceptors (Lipinski definition) is 4. The fourth-order valence-corrected chi connectivity index (χ4v) is 3.47. The fraction of sp³-hybridized carbons (Fsp3) is 0.704. The van der Waals surface area contributed by atoms with Crippen LogP contribution in [-0.4, -0.2) is 11.9 Å². The first kappa shape index (κ1) is 27.2. The Balaban J connectivity index is 2.27. The molecule has 0 saturated heterocycles. The van der Waals surface area contributed by atoms with Gasteiger partial charge in [0, 0.05) is 12.8 Å². The highest BCUT2D eigenvalue weighted by Crippen LogP contribution is 2.28. The lowest BCUT2D eigenvalue weighted by molar-refractivity contribution is -0.137. The maximum absolute atomic E-state index is 12.2. The van der Waals surface area contributed by atoms with Gasteiger partial charge in [0.2, 0.25) is 0 Å². The Morgan fingerprint density at radius 3 is 1.55 bits per heavy atom. The Morgan fingerprint density at radius 2 is 1.10 bits per heavy atom. The van der Waals surface area contributed by atoms with Crippen molar-refractivity contribution in [3.8, 4) is 11.5 Å². The molecule has 0 amide bonds. The van der Waals surface area contributed by atoms with Crippen LogP contribution in [0.4, 0.5) is 0 Å². The van der Waals surface area contributed by atoms with Gasteiger partial charge in [-0.2, -0.15) is 0 Å². The molecule has 0 N–H and O–H groups in total. The minimum Gasteiger partial charge on any atom is -0.423 e. The standard InChI is InChI=1S/C27H44O4/c1-5-6-7-8-10-13-20-25(28)30-23-18-15-16-19-24(23)31-26(29)21-14-11-9-12-17-22-27(2,3)4/h15-16,18-19H,5-14,17,20-22H2,1-4H3. The number of para-hydroxylation sites is 2. The van der Waals surface area contributed by atoms with Crippen LogP contribution in [0.5, 0.6) is 11.5 Å². The highest BCUT2D eigenvalue weighted by Gasteiger charge is 2.13. The number of carbonyl (C=O) groups excluding carboxylic acids is 2. The van der Waals surface area contributed by atoms with Crippen LogP contribution in [0, 0.1) is 5.41 Å². The zero-order valence-electron chi connectivity index (χ0n) is 20.3. The van der Waals surface area contributed by atoms with Crippen molar-refractivity contribution in [3.05, 3.63) is 24.3 Å². The van der Waals surface area contributed by atoms with Gasteiger partial charge in [-0.15, -0.1) is 0 Å². The van der Waals surface area contributed by atoms with Crippen molar-refractivity contribution in [3.63, 3.8) is 0 Å². The van der Waals surface area contributed by atoms with Crippen molar-refractivity contribution >= 4 is 11.9 Å². The summed E-state index contributed by atoms with van der Waals surface area (Å²) in [6, 6.07) is 6.92. The van der Waals surface area contributed by atoms with Crippen LogP contribution in [0.1, 0.15) is 118 Å².